The lowest BCUT2D eigenvalue weighted by Gasteiger charge is -2.13. The summed E-state index contributed by atoms with van der Waals surface area (Å²) in [5.74, 6) is 1.38. The van der Waals surface area contributed by atoms with E-state index in [1.807, 2.05) is 60.7 Å². The van der Waals surface area contributed by atoms with Crippen LogP contribution in [-0.4, -0.2) is 13.1 Å². The summed E-state index contributed by atoms with van der Waals surface area (Å²) in [6.07, 6.45) is 0. The summed E-state index contributed by atoms with van der Waals surface area (Å²) in [4.78, 5) is 18.9. The van der Waals surface area contributed by atoms with Gasteiger partial charge in [0, 0.05) is 12.2 Å². The number of ether oxygens (including phenoxy) is 2. The number of carbonyl (C=O) groups is 1. The number of hydrogen-bond donors (Lipinski definition) is 1. The summed E-state index contributed by atoms with van der Waals surface area (Å²) in [6.45, 7) is 1.08. The van der Waals surface area contributed by atoms with Gasteiger partial charge in [0.1, 0.15) is 6.61 Å². The van der Waals surface area contributed by atoms with E-state index in [1.54, 1.807) is 13.2 Å². The van der Waals surface area contributed by atoms with E-state index in [0.29, 0.717) is 35.4 Å². The fourth-order valence-electron chi connectivity index (χ4n) is 2.93. The molecule has 1 aliphatic heterocycles. The number of amides is 2. The molecule has 2 amide bonds. The molecule has 0 aromatic heterocycles. The Labute approximate surface area is 162 Å². The molecule has 0 saturated heterocycles. The maximum Gasteiger partial charge on any atom is 0.368 e. The average molecular weight is 373 g/mol. The molecule has 6 nitrogen and oxygen atoms in total. The minimum atomic E-state index is -0.456. The molecule has 0 unspecified atom stereocenters. The standard InChI is InChI=1S/C22H19N3O3/c1-27-21-11-16(7-10-20(21)28-14-15-5-3-2-4-6-15)13-23-17-8-9-18-19(12-17)25-22(26)24-18/h2-12,23H,13-14H2,1H3. The monoisotopic (exact) mass is 373 g/mol. The van der Waals surface area contributed by atoms with E-state index in [2.05, 4.69) is 15.3 Å². The van der Waals surface area contributed by atoms with Crippen LogP contribution in [0.3, 0.4) is 0 Å². The number of methoxy groups -OCH3 is 1. The Morgan fingerprint density at radius 2 is 1.68 bits per heavy atom. The molecular formula is C22H19N3O3. The maximum absolute atomic E-state index is 11.3. The molecule has 4 rings (SSSR count). The van der Waals surface area contributed by atoms with Crippen molar-refractivity contribution >= 4 is 11.7 Å². The fourth-order valence-corrected chi connectivity index (χ4v) is 2.93. The first-order chi connectivity index (χ1) is 13.7. The van der Waals surface area contributed by atoms with Gasteiger partial charge >= 0.3 is 6.03 Å². The topological polar surface area (TPSA) is 72.3 Å². The molecule has 0 bridgehead atoms. The quantitative estimate of drug-likeness (QED) is 0.690. The molecule has 0 fully saturated rings. The van der Waals surface area contributed by atoms with Crippen molar-refractivity contribution in [2.24, 2.45) is 9.98 Å². The van der Waals surface area contributed by atoms with Crippen molar-refractivity contribution in [2.75, 3.05) is 12.4 Å². The first-order valence-corrected chi connectivity index (χ1v) is 8.90. The van der Waals surface area contributed by atoms with Crippen LogP contribution in [0.15, 0.2) is 76.7 Å². The summed E-state index contributed by atoms with van der Waals surface area (Å²) in [5, 5.41) is 4.53. The van der Waals surface area contributed by atoms with E-state index in [1.165, 1.54) is 0 Å². The fraction of sp³-hybridized carbons (Fsp3) is 0.136. The minimum Gasteiger partial charge on any atom is -0.493 e. The van der Waals surface area contributed by atoms with Crippen LogP contribution in [0.2, 0.25) is 0 Å². The highest BCUT2D eigenvalue weighted by Crippen LogP contribution is 2.29. The highest BCUT2D eigenvalue weighted by Gasteiger charge is 2.08. The number of carbonyl (C=O) groups excluding carboxylic acids is 1. The third kappa shape index (κ3) is 4.01. The van der Waals surface area contributed by atoms with E-state index in [4.69, 9.17) is 9.47 Å². The van der Waals surface area contributed by atoms with Gasteiger partial charge in [-0.2, -0.15) is 9.98 Å². The van der Waals surface area contributed by atoms with Crippen molar-refractivity contribution in [3.05, 3.63) is 88.6 Å². The zero-order valence-corrected chi connectivity index (χ0v) is 15.4. The van der Waals surface area contributed by atoms with E-state index in [9.17, 15) is 4.79 Å². The molecule has 0 radical (unpaired) electrons. The SMILES string of the molecule is COc1cc(CNc2ccc3c(c2)=NC(=O)N=3)ccc1OCc1ccccc1. The number of nitrogens with zero attached hydrogens (tertiary/aromatic N) is 2. The average Bonchev–Trinajstić information content (AvgIpc) is 3.11. The van der Waals surface area contributed by atoms with E-state index in [0.717, 1.165) is 16.8 Å². The number of fused-ring (bicyclic) bond motifs is 1. The Hall–Kier alpha value is -3.67. The number of nitrogens with one attached hydrogen (secondary N) is 1. The molecule has 1 N–H and O–H groups in total. The van der Waals surface area contributed by atoms with Crippen LogP contribution in [-0.2, 0) is 13.2 Å². The van der Waals surface area contributed by atoms with Gasteiger partial charge in [-0.15, -0.1) is 0 Å². The predicted molar refractivity (Wildman–Crippen MR) is 105 cm³/mol. The van der Waals surface area contributed by atoms with Gasteiger partial charge in [0.2, 0.25) is 0 Å². The van der Waals surface area contributed by atoms with Crippen molar-refractivity contribution in [3.63, 3.8) is 0 Å². The van der Waals surface area contributed by atoms with Crippen molar-refractivity contribution in [2.45, 2.75) is 13.2 Å². The van der Waals surface area contributed by atoms with Gasteiger partial charge in [-0.05, 0) is 41.5 Å². The van der Waals surface area contributed by atoms with Gasteiger partial charge < -0.3 is 14.8 Å². The second kappa shape index (κ2) is 7.92. The molecule has 0 saturated carbocycles. The van der Waals surface area contributed by atoms with Gasteiger partial charge in [0.25, 0.3) is 0 Å². The number of benzene rings is 3. The summed E-state index contributed by atoms with van der Waals surface area (Å²) in [7, 11) is 1.63. The minimum absolute atomic E-state index is 0.456. The molecule has 6 heteroatoms. The zero-order chi connectivity index (χ0) is 19.3. The Balaban J connectivity index is 1.43. The molecule has 3 aromatic rings. The molecular weight excluding hydrogens is 354 g/mol. The van der Waals surface area contributed by atoms with Crippen molar-refractivity contribution in [1.29, 1.82) is 0 Å². The molecule has 3 aromatic carbocycles. The number of hydrogen-bond acceptors (Lipinski definition) is 4. The van der Waals surface area contributed by atoms with Crippen LogP contribution in [0.1, 0.15) is 11.1 Å². The van der Waals surface area contributed by atoms with Gasteiger partial charge in [-0.25, -0.2) is 4.79 Å². The Bertz CT molecular complexity index is 1130. The summed E-state index contributed by atoms with van der Waals surface area (Å²) in [5.41, 5.74) is 3.01. The summed E-state index contributed by atoms with van der Waals surface area (Å²) >= 11 is 0. The van der Waals surface area contributed by atoms with Gasteiger partial charge in [0.05, 0.1) is 17.8 Å². The second-order valence-electron chi connectivity index (χ2n) is 6.32. The molecule has 1 heterocycles. The summed E-state index contributed by atoms with van der Waals surface area (Å²) in [6, 6.07) is 20.9. The van der Waals surface area contributed by atoms with Crippen molar-refractivity contribution < 1.29 is 14.3 Å². The van der Waals surface area contributed by atoms with Crippen LogP contribution in [0.4, 0.5) is 10.5 Å². The van der Waals surface area contributed by atoms with Crippen LogP contribution in [0, 0.1) is 0 Å². The third-order valence-electron chi connectivity index (χ3n) is 4.37. The lowest BCUT2D eigenvalue weighted by atomic mass is 10.2. The Kier molecular flexibility index (Phi) is 5.01. The smallest absolute Gasteiger partial charge is 0.368 e. The van der Waals surface area contributed by atoms with Crippen LogP contribution < -0.4 is 25.5 Å². The van der Waals surface area contributed by atoms with Gasteiger partial charge in [-0.1, -0.05) is 36.4 Å². The third-order valence-corrected chi connectivity index (χ3v) is 4.37. The van der Waals surface area contributed by atoms with Crippen molar-refractivity contribution in [1.82, 2.24) is 0 Å². The highest BCUT2D eigenvalue weighted by molar-refractivity contribution is 5.77. The Morgan fingerprint density at radius 1 is 0.857 bits per heavy atom. The first kappa shape index (κ1) is 17.7. The molecule has 28 heavy (non-hydrogen) atoms. The highest BCUT2D eigenvalue weighted by atomic mass is 16.5. The van der Waals surface area contributed by atoms with Crippen LogP contribution in [0.5, 0.6) is 11.5 Å². The van der Waals surface area contributed by atoms with Gasteiger partial charge in [-0.3, -0.25) is 0 Å². The molecule has 0 aliphatic carbocycles. The van der Waals surface area contributed by atoms with Crippen molar-refractivity contribution in [3.8, 4) is 11.5 Å². The van der Waals surface area contributed by atoms with E-state index < -0.39 is 6.03 Å². The Morgan fingerprint density at radius 3 is 2.50 bits per heavy atom. The maximum atomic E-state index is 11.3. The molecule has 140 valence electrons. The number of urea groups is 1. The van der Waals surface area contributed by atoms with Crippen LogP contribution >= 0.6 is 0 Å². The van der Waals surface area contributed by atoms with Gasteiger partial charge in [0.15, 0.2) is 11.5 Å². The normalized spacial score (nSPS) is 12.0. The lowest BCUT2D eigenvalue weighted by molar-refractivity contribution is 0.256. The number of anilines is 1. The van der Waals surface area contributed by atoms with E-state index in [-0.39, 0.29) is 0 Å². The molecule has 0 atom stereocenters. The lowest BCUT2D eigenvalue weighted by Crippen LogP contribution is -2.21. The molecule has 0 spiro atoms. The first-order valence-electron chi connectivity index (χ1n) is 8.90. The molecule has 1 aliphatic rings. The second-order valence-corrected chi connectivity index (χ2v) is 6.32. The van der Waals surface area contributed by atoms with E-state index >= 15 is 0 Å². The largest absolute Gasteiger partial charge is 0.493 e. The zero-order valence-electron chi connectivity index (χ0n) is 15.4. The predicted octanol–water partition coefficient (Wildman–Crippen LogP) is 3.26. The number of rotatable bonds is 7. The summed E-state index contributed by atoms with van der Waals surface area (Å²) < 4.78 is 11.4. The van der Waals surface area contributed by atoms with Crippen LogP contribution in [0.25, 0.3) is 0 Å².